The minimum atomic E-state index is 0.196. The summed E-state index contributed by atoms with van der Waals surface area (Å²) >= 11 is 6.26. The Kier molecular flexibility index (Phi) is 1.97. The van der Waals surface area contributed by atoms with Gasteiger partial charge in [0.15, 0.2) is 0 Å². The lowest BCUT2D eigenvalue weighted by molar-refractivity contribution is 0.622. The molecule has 1 N–H and O–H groups in total. The number of allylic oxidation sites excluding steroid dienone is 2. The highest BCUT2D eigenvalue weighted by Gasteiger charge is 2.24. The van der Waals surface area contributed by atoms with Gasteiger partial charge in [-0.2, -0.15) is 0 Å². The van der Waals surface area contributed by atoms with Crippen molar-refractivity contribution in [3.63, 3.8) is 0 Å². The molecule has 1 aromatic carbocycles. The van der Waals surface area contributed by atoms with E-state index in [4.69, 9.17) is 16.0 Å². The fourth-order valence-corrected chi connectivity index (χ4v) is 2.78. The van der Waals surface area contributed by atoms with Crippen LogP contribution in [0.15, 0.2) is 52.5 Å². The Hall–Kier alpha value is -1.93. The van der Waals surface area contributed by atoms with E-state index in [-0.39, 0.29) is 6.04 Å². The third-order valence-electron chi connectivity index (χ3n) is 3.36. The molecule has 2 aliphatic rings. The molecule has 0 saturated heterocycles. The standard InChI is InChI=1S/C15H10ClNO/c16-11-5-3-7-13-14(11)10-8-9-4-1-2-6-12(9)17-15(10)18-13/h1-8,12,17H. The molecule has 0 saturated carbocycles. The number of anilines is 1. The van der Waals surface area contributed by atoms with E-state index < -0.39 is 0 Å². The smallest absolute Gasteiger partial charge is 0.202 e. The minimum Gasteiger partial charge on any atom is -0.440 e. The summed E-state index contributed by atoms with van der Waals surface area (Å²) in [6.45, 7) is 0. The molecule has 4 rings (SSSR count). The van der Waals surface area contributed by atoms with Crippen LogP contribution in [0.5, 0.6) is 0 Å². The number of halogens is 1. The molecule has 1 aliphatic heterocycles. The molecule has 0 amide bonds. The number of benzene rings is 1. The third kappa shape index (κ3) is 1.30. The first-order valence-corrected chi connectivity index (χ1v) is 6.25. The second kappa shape index (κ2) is 3.53. The molecule has 0 radical (unpaired) electrons. The molecule has 0 fully saturated rings. The van der Waals surface area contributed by atoms with Crippen LogP contribution in [0.2, 0.25) is 5.02 Å². The van der Waals surface area contributed by atoms with E-state index in [9.17, 15) is 0 Å². The predicted molar refractivity (Wildman–Crippen MR) is 74.9 cm³/mol. The monoisotopic (exact) mass is 255 g/mol. The van der Waals surface area contributed by atoms with Gasteiger partial charge in [-0.25, -0.2) is 0 Å². The Bertz CT molecular complexity index is 736. The van der Waals surface area contributed by atoms with Gasteiger partial charge in [-0.15, -0.1) is 0 Å². The summed E-state index contributed by atoms with van der Waals surface area (Å²) in [5.74, 6) is 0.798. The van der Waals surface area contributed by atoms with Crippen molar-refractivity contribution >= 4 is 34.5 Å². The molecular weight excluding hydrogens is 246 g/mol. The molecule has 1 aliphatic carbocycles. The van der Waals surface area contributed by atoms with Crippen molar-refractivity contribution < 1.29 is 4.42 Å². The number of nitrogens with one attached hydrogen (secondary N) is 1. The maximum Gasteiger partial charge on any atom is 0.202 e. The van der Waals surface area contributed by atoms with Gasteiger partial charge in [-0.05, 0) is 23.8 Å². The van der Waals surface area contributed by atoms with Crippen LogP contribution in [0.25, 0.3) is 17.0 Å². The second-order valence-electron chi connectivity index (χ2n) is 4.47. The molecule has 0 bridgehead atoms. The van der Waals surface area contributed by atoms with E-state index in [1.807, 2.05) is 30.4 Å². The van der Waals surface area contributed by atoms with Gasteiger partial charge in [0.05, 0.1) is 11.1 Å². The van der Waals surface area contributed by atoms with Crippen molar-refractivity contribution in [2.24, 2.45) is 0 Å². The Balaban J connectivity index is 2.02. The number of rotatable bonds is 0. The van der Waals surface area contributed by atoms with Crippen LogP contribution < -0.4 is 5.32 Å². The summed E-state index contributed by atoms with van der Waals surface area (Å²) in [4.78, 5) is 0. The zero-order valence-electron chi connectivity index (χ0n) is 9.48. The molecule has 2 nitrogen and oxygen atoms in total. The molecule has 0 spiro atoms. The van der Waals surface area contributed by atoms with Crippen molar-refractivity contribution in [1.29, 1.82) is 0 Å². The Morgan fingerprint density at radius 2 is 2.17 bits per heavy atom. The highest BCUT2D eigenvalue weighted by atomic mass is 35.5. The zero-order chi connectivity index (χ0) is 12.1. The highest BCUT2D eigenvalue weighted by molar-refractivity contribution is 6.36. The van der Waals surface area contributed by atoms with Crippen LogP contribution >= 0.6 is 11.6 Å². The molecule has 3 heteroatoms. The summed E-state index contributed by atoms with van der Waals surface area (Å²) in [6, 6.07) is 5.93. The molecular formula is C15H10ClNO. The normalized spacial score (nSPS) is 20.3. The van der Waals surface area contributed by atoms with Crippen molar-refractivity contribution in [1.82, 2.24) is 0 Å². The molecule has 1 atom stereocenters. The van der Waals surface area contributed by atoms with Gasteiger partial charge in [-0.3, -0.25) is 0 Å². The fraction of sp³-hybridized carbons (Fsp3) is 0.0667. The predicted octanol–water partition coefficient (Wildman–Crippen LogP) is 4.39. The van der Waals surface area contributed by atoms with E-state index in [1.165, 1.54) is 5.57 Å². The van der Waals surface area contributed by atoms with Crippen molar-refractivity contribution in [2.45, 2.75) is 6.04 Å². The fourth-order valence-electron chi connectivity index (χ4n) is 2.51. The van der Waals surface area contributed by atoms with Crippen molar-refractivity contribution in [3.8, 4) is 0 Å². The zero-order valence-corrected chi connectivity index (χ0v) is 10.2. The lowest BCUT2D eigenvalue weighted by Crippen LogP contribution is -2.22. The molecule has 88 valence electrons. The molecule has 18 heavy (non-hydrogen) atoms. The number of hydrogen-bond acceptors (Lipinski definition) is 2. The third-order valence-corrected chi connectivity index (χ3v) is 3.68. The summed E-state index contributed by atoms with van der Waals surface area (Å²) in [5.41, 5.74) is 3.10. The Labute approximate surface area is 109 Å². The van der Waals surface area contributed by atoms with Gasteiger partial charge in [0.1, 0.15) is 5.58 Å². The van der Waals surface area contributed by atoms with Gasteiger partial charge in [0.25, 0.3) is 0 Å². The van der Waals surface area contributed by atoms with Gasteiger partial charge in [0, 0.05) is 10.9 Å². The van der Waals surface area contributed by atoms with Crippen molar-refractivity contribution in [2.75, 3.05) is 5.32 Å². The first-order chi connectivity index (χ1) is 8.83. The lowest BCUT2D eigenvalue weighted by atomic mass is 9.96. The maximum atomic E-state index is 6.26. The largest absolute Gasteiger partial charge is 0.440 e. The minimum absolute atomic E-state index is 0.196. The number of fused-ring (bicyclic) bond motifs is 4. The van der Waals surface area contributed by atoms with Gasteiger partial charge in [0.2, 0.25) is 5.88 Å². The highest BCUT2D eigenvalue weighted by Crippen LogP contribution is 2.40. The van der Waals surface area contributed by atoms with Crippen LogP contribution in [0.3, 0.4) is 0 Å². The van der Waals surface area contributed by atoms with E-state index in [1.54, 1.807) is 0 Å². The van der Waals surface area contributed by atoms with Gasteiger partial charge >= 0.3 is 0 Å². The maximum absolute atomic E-state index is 6.26. The van der Waals surface area contributed by atoms with Crippen LogP contribution in [-0.4, -0.2) is 6.04 Å². The van der Waals surface area contributed by atoms with Crippen LogP contribution in [0.1, 0.15) is 5.56 Å². The first kappa shape index (κ1) is 10.0. The average Bonchev–Trinajstić information content (AvgIpc) is 2.74. The van der Waals surface area contributed by atoms with Crippen molar-refractivity contribution in [3.05, 3.63) is 58.7 Å². The Morgan fingerprint density at radius 1 is 1.22 bits per heavy atom. The van der Waals surface area contributed by atoms with E-state index in [0.29, 0.717) is 0 Å². The van der Waals surface area contributed by atoms with Crippen LogP contribution in [0, 0.1) is 0 Å². The molecule has 2 heterocycles. The second-order valence-corrected chi connectivity index (χ2v) is 4.88. The summed E-state index contributed by atoms with van der Waals surface area (Å²) in [7, 11) is 0. The summed E-state index contributed by atoms with van der Waals surface area (Å²) in [6.07, 6.45) is 10.4. The van der Waals surface area contributed by atoms with E-state index in [0.717, 1.165) is 27.4 Å². The number of hydrogen-bond donors (Lipinski definition) is 1. The first-order valence-electron chi connectivity index (χ1n) is 5.87. The topological polar surface area (TPSA) is 25.2 Å². The SMILES string of the molecule is Clc1cccc2oc3c(c12)C=C1C=CC=CC1N3. The number of furan rings is 1. The van der Waals surface area contributed by atoms with Crippen LogP contribution in [0.4, 0.5) is 5.88 Å². The molecule has 1 aromatic heterocycles. The average molecular weight is 256 g/mol. The summed E-state index contributed by atoms with van der Waals surface area (Å²) < 4.78 is 5.82. The lowest BCUT2D eigenvalue weighted by Gasteiger charge is -2.22. The molecule has 2 aromatic rings. The molecule has 1 unspecified atom stereocenters. The quantitative estimate of drug-likeness (QED) is 0.755. The van der Waals surface area contributed by atoms with Crippen LogP contribution in [-0.2, 0) is 0 Å². The van der Waals surface area contributed by atoms with E-state index in [2.05, 4.69) is 23.5 Å². The van der Waals surface area contributed by atoms with Gasteiger partial charge in [-0.1, -0.05) is 42.0 Å². The summed E-state index contributed by atoms with van der Waals surface area (Å²) in [5, 5.41) is 5.09. The Morgan fingerprint density at radius 3 is 3.11 bits per heavy atom. The van der Waals surface area contributed by atoms with Gasteiger partial charge < -0.3 is 9.73 Å². The van der Waals surface area contributed by atoms with E-state index >= 15 is 0 Å².